The number of likely N-dealkylation sites (tertiary alicyclic amines) is 1. The highest BCUT2D eigenvalue weighted by Crippen LogP contribution is 2.20. The Morgan fingerprint density at radius 2 is 2.19 bits per heavy atom. The van der Waals surface area contributed by atoms with Crippen LogP contribution >= 0.6 is 0 Å². The van der Waals surface area contributed by atoms with Gasteiger partial charge in [0.25, 0.3) is 0 Å². The summed E-state index contributed by atoms with van der Waals surface area (Å²) in [4.78, 5) is 13.6. The van der Waals surface area contributed by atoms with Crippen LogP contribution in [0.25, 0.3) is 0 Å². The van der Waals surface area contributed by atoms with Crippen molar-refractivity contribution in [3.05, 3.63) is 0 Å². The van der Waals surface area contributed by atoms with E-state index in [1.165, 1.54) is 7.11 Å². The van der Waals surface area contributed by atoms with Crippen LogP contribution in [-0.2, 0) is 9.53 Å². The number of methoxy groups -OCH3 is 1. The standard InChI is InChI=1S/C12H24N2O2/c1-9(2)6-14-7-10(4-11(13)8-14)5-12(15)16-3/h9-11H,4-8,13H2,1-3H3. The van der Waals surface area contributed by atoms with Gasteiger partial charge >= 0.3 is 5.97 Å². The molecular formula is C12H24N2O2. The summed E-state index contributed by atoms with van der Waals surface area (Å²) >= 11 is 0. The van der Waals surface area contributed by atoms with Crippen molar-refractivity contribution in [2.45, 2.75) is 32.7 Å². The predicted octanol–water partition coefficient (Wildman–Crippen LogP) is 0.855. The maximum Gasteiger partial charge on any atom is 0.305 e. The van der Waals surface area contributed by atoms with Crippen molar-refractivity contribution < 1.29 is 9.53 Å². The summed E-state index contributed by atoms with van der Waals surface area (Å²) in [6.07, 6.45) is 1.43. The molecule has 2 atom stereocenters. The van der Waals surface area contributed by atoms with Gasteiger partial charge in [-0.3, -0.25) is 4.79 Å². The van der Waals surface area contributed by atoms with Crippen LogP contribution in [0.3, 0.4) is 0 Å². The van der Waals surface area contributed by atoms with E-state index >= 15 is 0 Å². The van der Waals surface area contributed by atoms with E-state index in [9.17, 15) is 4.79 Å². The molecule has 4 nitrogen and oxygen atoms in total. The Morgan fingerprint density at radius 1 is 1.50 bits per heavy atom. The van der Waals surface area contributed by atoms with Gasteiger partial charge < -0.3 is 15.4 Å². The lowest BCUT2D eigenvalue weighted by Crippen LogP contribution is -2.48. The van der Waals surface area contributed by atoms with Gasteiger partial charge in [-0.05, 0) is 18.3 Å². The van der Waals surface area contributed by atoms with E-state index in [4.69, 9.17) is 10.5 Å². The molecule has 2 N–H and O–H groups in total. The molecule has 0 aromatic heterocycles. The molecule has 0 amide bonds. The summed E-state index contributed by atoms with van der Waals surface area (Å²) in [6, 6.07) is 0.196. The minimum absolute atomic E-state index is 0.122. The van der Waals surface area contributed by atoms with E-state index in [0.717, 1.165) is 26.1 Å². The zero-order valence-corrected chi connectivity index (χ0v) is 10.6. The van der Waals surface area contributed by atoms with E-state index < -0.39 is 0 Å². The van der Waals surface area contributed by atoms with Crippen LogP contribution in [0.15, 0.2) is 0 Å². The minimum Gasteiger partial charge on any atom is -0.469 e. The number of ether oxygens (including phenoxy) is 1. The number of nitrogens with zero attached hydrogens (tertiary/aromatic N) is 1. The van der Waals surface area contributed by atoms with Crippen molar-refractivity contribution >= 4 is 5.97 Å². The van der Waals surface area contributed by atoms with Gasteiger partial charge in [0.05, 0.1) is 7.11 Å². The second kappa shape index (κ2) is 6.21. The zero-order chi connectivity index (χ0) is 12.1. The lowest BCUT2D eigenvalue weighted by molar-refractivity contribution is -0.142. The first-order valence-corrected chi connectivity index (χ1v) is 6.06. The van der Waals surface area contributed by atoms with Gasteiger partial charge in [0.15, 0.2) is 0 Å². The van der Waals surface area contributed by atoms with Crippen LogP contribution in [0.1, 0.15) is 26.7 Å². The Kier molecular flexibility index (Phi) is 5.22. The lowest BCUT2D eigenvalue weighted by Gasteiger charge is -2.36. The smallest absolute Gasteiger partial charge is 0.305 e. The van der Waals surface area contributed by atoms with Gasteiger partial charge in [0.2, 0.25) is 0 Å². The molecule has 0 saturated carbocycles. The van der Waals surface area contributed by atoms with Gasteiger partial charge in [-0.15, -0.1) is 0 Å². The first-order valence-electron chi connectivity index (χ1n) is 6.06. The fraction of sp³-hybridized carbons (Fsp3) is 0.917. The summed E-state index contributed by atoms with van der Waals surface area (Å²) in [7, 11) is 1.44. The van der Waals surface area contributed by atoms with Crippen LogP contribution in [0, 0.1) is 11.8 Å². The van der Waals surface area contributed by atoms with Gasteiger partial charge in [0, 0.05) is 32.1 Å². The van der Waals surface area contributed by atoms with E-state index in [2.05, 4.69) is 18.7 Å². The fourth-order valence-electron chi connectivity index (χ4n) is 2.48. The fourth-order valence-corrected chi connectivity index (χ4v) is 2.48. The molecule has 4 heteroatoms. The van der Waals surface area contributed by atoms with Crippen LogP contribution in [-0.4, -0.2) is 43.7 Å². The molecule has 0 bridgehead atoms. The van der Waals surface area contributed by atoms with E-state index in [-0.39, 0.29) is 12.0 Å². The first kappa shape index (κ1) is 13.5. The summed E-state index contributed by atoms with van der Waals surface area (Å²) in [5, 5.41) is 0. The number of rotatable bonds is 4. The van der Waals surface area contributed by atoms with Crippen LogP contribution in [0.4, 0.5) is 0 Å². The van der Waals surface area contributed by atoms with Crippen molar-refractivity contribution in [1.29, 1.82) is 0 Å². The highest BCUT2D eigenvalue weighted by molar-refractivity contribution is 5.69. The monoisotopic (exact) mass is 228 g/mol. The Balaban J connectivity index is 2.44. The van der Waals surface area contributed by atoms with Crippen molar-refractivity contribution in [1.82, 2.24) is 4.90 Å². The van der Waals surface area contributed by atoms with Gasteiger partial charge in [-0.1, -0.05) is 13.8 Å². The molecule has 0 radical (unpaired) electrons. The van der Waals surface area contributed by atoms with Crippen molar-refractivity contribution in [2.75, 3.05) is 26.7 Å². The second-order valence-corrected chi connectivity index (χ2v) is 5.25. The molecule has 1 saturated heterocycles. The molecule has 1 rings (SSSR count). The van der Waals surface area contributed by atoms with E-state index in [1.54, 1.807) is 0 Å². The average molecular weight is 228 g/mol. The van der Waals surface area contributed by atoms with Crippen LogP contribution in [0.5, 0.6) is 0 Å². The largest absolute Gasteiger partial charge is 0.469 e. The number of piperidine rings is 1. The lowest BCUT2D eigenvalue weighted by atomic mass is 9.91. The number of carbonyl (C=O) groups is 1. The quantitative estimate of drug-likeness (QED) is 0.725. The number of esters is 1. The summed E-state index contributed by atoms with van der Waals surface area (Å²) in [6.45, 7) is 7.40. The van der Waals surface area contributed by atoms with Gasteiger partial charge in [-0.2, -0.15) is 0 Å². The second-order valence-electron chi connectivity index (χ2n) is 5.25. The highest BCUT2D eigenvalue weighted by Gasteiger charge is 2.27. The minimum atomic E-state index is -0.122. The zero-order valence-electron chi connectivity index (χ0n) is 10.6. The molecule has 0 aliphatic carbocycles. The molecule has 2 unspecified atom stereocenters. The summed E-state index contributed by atoms with van der Waals surface area (Å²) < 4.78 is 4.71. The van der Waals surface area contributed by atoms with Crippen molar-refractivity contribution in [3.63, 3.8) is 0 Å². The van der Waals surface area contributed by atoms with Gasteiger partial charge in [-0.25, -0.2) is 0 Å². The molecule has 1 aliphatic heterocycles. The number of carbonyl (C=O) groups excluding carboxylic acids is 1. The third kappa shape index (κ3) is 4.49. The predicted molar refractivity (Wildman–Crippen MR) is 64.0 cm³/mol. The van der Waals surface area contributed by atoms with Crippen LogP contribution in [0.2, 0.25) is 0 Å². The molecule has 1 fully saturated rings. The maximum atomic E-state index is 11.2. The molecule has 1 aliphatic rings. The van der Waals surface area contributed by atoms with E-state index in [1.807, 2.05) is 0 Å². The Labute approximate surface area is 98.1 Å². The summed E-state index contributed by atoms with van der Waals surface area (Å²) in [5.74, 6) is 0.877. The molecule has 1 heterocycles. The Morgan fingerprint density at radius 3 is 2.75 bits per heavy atom. The highest BCUT2D eigenvalue weighted by atomic mass is 16.5. The average Bonchev–Trinajstić information content (AvgIpc) is 2.15. The molecule has 0 aromatic rings. The van der Waals surface area contributed by atoms with Gasteiger partial charge in [0.1, 0.15) is 0 Å². The third-order valence-corrected chi connectivity index (χ3v) is 2.95. The molecular weight excluding hydrogens is 204 g/mol. The van der Waals surface area contributed by atoms with E-state index in [0.29, 0.717) is 18.3 Å². The molecule has 0 aromatic carbocycles. The Hall–Kier alpha value is -0.610. The number of nitrogens with two attached hydrogens (primary N) is 1. The molecule has 94 valence electrons. The normalized spacial score (nSPS) is 27.1. The molecule has 0 spiro atoms. The third-order valence-electron chi connectivity index (χ3n) is 2.95. The number of hydrogen-bond acceptors (Lipinski definition) is 4. The van der Waals surface area contributed by atoms with Crippen molar-refractivity contribution in [3.8, 4) is 0 Å². The topological polar surface area (TPSA) is 55.6 Å². The maximum absolute atomic E-state index is 11.2. The Bertz CT molecular complexity index is 229. The first-order chi connectivity index (χ1) is 7.51. The number of hydrogen-bond donors (Lipinski definition) is 1. The SMILES string of the molecule is COC(=O)CC1CC(N)CN(CC(C)C)C1. The summed E-state index contributed by atoms with van der Waals surface area (Å²) in [5.41, 5.74) is 6.01. The molecule has 16 heavy (non-hydrogen) atoms. The van der Waals surface area contributed by atoms with Crippen molar-refractivity contribution in [2.24, 2.45) is 17.6 Å². The van der Waals surface area contributed by atoms with Crippen LogP contribution < -0.4 is 5.73 Å².